The third-order valence-corrected chi connectivity index (χ3v) is 7.72. The number of nitrogens with zero attached hydrogens (tertiary/aromatic N) is 1. The summed E-state index contributed by atoms with van der Waals surface area (Å²) >= 11 is 1.49. The lowest BCUT2D eigenvalue weighted by atomic mass is 9.97. The van der Waals surface area contributed by atoms with Crippen LogP contribution in [0.5, 0.6) is 11.5 Å². The van der Waals surface area contributed by atoms with Crippen molar-refractivity contribution in [2.75, 3.05) is 31.6 Å². The molecule has 1 amide bonds. The number of benzene rings is 3. The molecule has 7 heteroatoms. The first kappa shape index (κ1) is 24.0. The number of phenolic OH excluding ortho intramolecular Hbond substituents is 1. The van der Waals surface area contributed by atoms with Crippen LogP contribution in [0.2, 0.25) is 0 Å². The number of anilines is 1. The number of aromatic hydroxyl groups is 1. The fourth-order valence-corrected chi connectivity index (χ4v) is 5.86. The Bertz CT molecular complexity index is 1360. The van der Waals surface area contributed by atoms with E-state index < -0.39 is 0 Å². The third-order valence-electron chi connectivity index (χ3n) is 6.51. The largest absolute Gasteiger partial charge is 0.508 e. The predicted molar refractivity (Wildman–Crippen MR) is 144 cm³/mol. The van der Waals surface area contributed by atoms with Crippen LogP contribution >= 0.6 is 11.3 Å². The molecule has 3 aromatic carbocycles. The van der Waals surface area contributed by atoms with Crippen LogP contribution in [0.1, 0.15) is 35.2 Å². The van der Waals surface area contributed by atoms with Crippen molar-refractivity contribution in [1.82, 2.24) is 4.90 Å². The Morgan fingerprint density at radius 1 is 1.00 bits per heavy atom. The zero-order valence-corrected chi connectivity index (χ0v) is 20.7. The lowest BCUT2D eigenvalue weighted by Gasteiger charge is -2.26. The number of phenols is 1. The van der Waals surface area contributed by atoms with Gasteiger partial charge < -0.3 is 15.2 Å². The van der Waals surface area contributed by atoms with Crippen molar-refractivity contribution in [3.63, 3.8) is 0 Å². The van der Waals surface area contributed by atoms with Gasteiger partial charge in [-0.25, -0.2) is 0 Å². The zero-order valence-electron chi connectivity index (χ0n) is 19.9. The fraction of sp³-hybridized carbons (Fsp3) is 0.241. The van der Waals surface area contributed by atoms with E-state index in [1.807, 2.05) is 36.4 Å². The molecule has 1 fully saturated rings. The van der Waals surface area contributed by atoms with Crippen molar-refractivity contribution in [2.45, 2.75) is 19.3 Å². The van der Waals surface area contributed by atoms with Crippen LogP contribution in [0.25, 0.3) is 20.5 Å². The number of hydrogen-bond donors (Lipinski definition) is 2. The smallest absolute Gasteiger partial charge is 0.211 e. The molecule has 0 bridgehead atoms. The van der Waals surface area contributed by atoms with Crippen molar-refractivity contribution >= 4 is 39.3 Å². The Hall–Kier alpha value is -3.68. The van der Waals surface area contributed by atoms with Gasteiger partial charge in [0, 0.05) is 38.3 Å². The second kappa shape index (κ2) is 10.9. The topological polar surface area (TPSA) is 78.9 Å². The number of thiophene rings is 1. The molecular formula is C29H28N2O4S. The van der Waals surface area contributed by atoms with E-state index in [-0.39, 0.29) is 11.5 Å². The van der Waals surface area contributed by atoms with Gasteiger partial charge in [-0.05, 0) is 92.2 Å². The Kier molecular flexibility index (Phi) is 7.30. The van der Waals surface area contributed by atoms with Gasteiger partial charge in [0.1, 0.15) is 18.1 Å². The standard InChI is InChI=1S/C29H28N2O4S/c32-19-30-22-8-13-25-26(18-22)36-29(21-4-9-23(33)10-5-21)27(25)28(34)20-6-11-24(12-7-20)35-17-16-31-14-2-1-3-15-31/h4-13,18-19,33H,1-3,14-17H2,(H,30,32). The van der Waals surface area contributed by atoms with Crippen molar-refractivity contribution in [3.8, 4) is 21.9 Å². The van der Waals surface area contributed by atoms with Crippen molar-refractivity contribution in [3.05, 3.63) is 77.9 Å². The van der Waals surface area contributed by atoms with Gasteiger partial charge in [0.2, 0.25) is 6.41 Å². The molecule has 1 aliphatic rings. The summed E-state index contributed by atoms with van der Waals surface area (Å²) < 4.78 is 6.83. The summed E-state index contributed by atoms with van der Waals surface area (Å²) in [7, 11) is 0. The number of ether oxygens (including phenoxy) is 1. The molecule has 184 valence electrons. The highest BCUT2D eigenvalue weighted by Gasteiger charge is 2.22. The zero-order chi connectivity index (χ0) is 24.9. The molecule has 0 saturated carbocycles. The van der Waals surface area contributed by atoms with Gasteiger partial charge in [-0.15, -0.1) is 11.3 Å². The maximum atomic E-state index is 13.8. The van der Waals surface area contributed by atoms with E-state index >= 15 is 0 Å². The number of fused-ring (bicyclic) bond motifs is 1. The highest BCUT2D eigenvalue weighted by molar-refractivity contribution is 7.22. The number of piperidine rings is 1. The highest BCUT2D eigenvalue weighted by Crippen LogP contribution is 2.41. The second-order valence-corrected chi connectivity index (χ2v) is 9.98. The summed E-state index contributed by atoms with van der Waals surface area (Å²) in [5.74, 6) is 0.837. The molecule has 4 aromatic rings. The molecule has 1 aromatic heterocycles. The minimum atomic E-state index is -0.0831. The molecular weight excluding hydrogens is 472 g/mol. The van der Waals surface area contributed by atoms with Gasteiger partial charge >= 0.3 is 0 Å². The Morgan fingerprint density at radius 3 is 2.47 bits per heavy atom. The van der Waals surface area contributed by atoms with E-state index in [1.165, 1.54) is 30.6 Å². The number of likely N-dealkylation sites (tertiary alicyclic amines) is 1. The number of carbonyl (C=O) groups is 2. The first-order valence-electron chi connectivity index (χ1n) is 12.2. The number of nitrogens with one attached hydrogen (secondary N) is 1. The second-order valence-electron chi connectivity index (χ2n) is 8.93. The molecule has 0 aliphatic carbocycles. The number of ketones is 1. The molecule has 0 spiro atoms. The minimum Gasteiger partial charge on any atom is -0.508 e. The van der Waals surface area contributed by atoms with Gasteiger partial charge in [0.25, 0.3) is 0 Å². The number of rotatable bonds is 9. The maximum absolute atomic E-state index is 13.8. The Labute approximate surface area is 214 Å². The minimum absolute atomic E-state index is 0.0831. The van der Waals surface area contributed by atoms with Crippen LogP contribution in [0.4, 0.5) is 5.69 Å². The van der Waals surface area contributed by atoms with Crippen LogP contribution in [0, 0.1) is 0 Å². The molecule has 5 rings (SSSR count). The first-order chi connectivity index (χ1) is 17.6. The van der Waals surface area contributed by atoms with E-state index in [9.17, 15) is 14.7 Å². The monoisotopic (exact) mass is 500 g/mol. The number of carbonyl (C=O) groups excluding carboxylic acids is 2. The third kappa shape index (κ3) is 5.27. The normalized spacial score (nSPS) is 14.0. The first-order valence-corrected chi connectivity index (χ1v) is 13.0. The van der Waals surface area contributed by atoms with Crippen molar-refractivity contribution in [2.24, 2.45) is 0 Å². The molecule has 6 nitrogen and oxygen atoms in total. The predicted octanol–water partition coefficient (Wildman–Crippen LogP) is 5.94. The average Bonchev–Trinajstić information content (AvgIpc) is 3.29. The average molecular weight is 501 g/mol. The van der Waals surface area contributed by atoms with Crippen LogP contribution in [-0.2, 0) is 4.79 Å². The number of amides is 1. The van der Waals surface area contributed by atoms with Crippen molar-refractivity contribution < 1.29 is 19.4 Å². The summed E-state index contributed by atoms with van der Waals surface area (Å²) in [5.41, 5.74) is 2.70. The molecule has 0 atom stereocenters. The lowest BCUT2D eigenvalue weighted by molar-refractivity contribution is -0.105. The summed E-state index contributed by atoms with van der Waals surface area (Å²) in [4.78, 5) is 27.9. The van der Waals surface area contributed by atoms with Gasteiger partial charge in [-0.1, -0.05) is 12.5 Å². The van der Waals surface area contributed by atoms with E-state index in [4.69, 9.17) is 4.74 Å². The van der Waals surface area contributed by atoms with Gasteiger partial charge in [-0.3, -0.25) is 14.5 Å². The van der Waals surface area contributed by atoms with E-state index in [2.05, 4.69) is 10.2 Å². The van der Waals surface area contributed by atoms with E-state index in [0.29, 0.717) is 29.8 Å². The summed E-state index contributed by atoms with van der Waals surface area (Å²) in [6.07, 6.45) is 4.47. The Balaban J connectivity index is 1.41. The summed E-state index contributed by atoms with van der Waals surface area (Å²) in [6, 6.07) is 19.7. The SMILES string of the molecule is O=CNc1ccc2c(C(=O)c3ccc(OCCN4CCCCC4)cc3)c(-c3ccc(O)cc3)sc2c1. The van der Waals surface area contributed by atoms with Crippen LogP contribution in [0.15, 0.2) is 66.7 Å². The Morgan fingerprint density at radius 2 is 1.75 bits per heavy atom. The van der Waals surface area contributed by atoms with Gasteiger partial charge in [-0.2, -0.15) is 0 Å². The van der Waals surface area contributed by atoms with Crippen LogP contribution in [-0.4, -0.2) is 48.4 Å². The molecule has 0 radical (unpaired) electrons. The van der Waals surface area contributed by atoms with Gasteiger partial charge in [0.05, 0.1) is 0 Å². The molecule has 2 N–H and O–H groups in total. The molecule has 2 heterocycles. The number of hydrogen-bond acceptors (Lipinski definition) is 6. The molecule has 1 aliphatic heterocycles. The summed E-state index contributed by atoms with van der Waals surface area (Å²) in [5, 5.41) is 13.2. The van der Waals surface area contributed by atoms with E-state index in [1.54, 1.807) is 30.3 Å². The van der Waals surface area contributed by atoms with Crippen LogP contribution in [0.3, 0.4) is 0 Å². The lowest BCUT2D eigenvalue weighted by Crippen LogP contribution is -2.33. The maximum Gasteiger partial charge on any atom is 0.211 e. The molecule has 1 saturated heterocycles. The summed E-state index contributed by atoms with van der Waals surface area (Å²) in [6.45, 7) is 3.83. The molecule has 36 heavy (non-hydrogen) atoms. The molecule has 0 unspecified atom stereocenters. The quantitative estimate of drug-likeness (QED) is 0.220. The fourth-order valence-electron chi connectivity index (χ4n) is 4.62. The van der Waals surface area contributed by atoms with Gasteiger partial charge in [0.15, 0.2) is 5.78 Å². The highest BCUT2D eigenvalue weighted by atomic mass is 32.1. The van der Waals surface area contributed by atoms with E-state index in [0.717, 1.165) is 45.9 Å². The van der Waals surface area contributed by atoms with Crippen LogP contribution < -0.4 is 10.1 Å². The van der Waals surface area contributed by atoms with Crippen molar-refractivity contribution in [1.29, 1.82) is 0 Å².